The van der Waals surface area contributed by atoms with Crippen LogP contribution in [0.25, 0.3) is 0 Å². The molecule has 0 bridgehead atoms. The van der Waals surface area contributed by atoms with Crippen LogP contribution in [0.5, 0.6) is 0 Å². The van der Waals surface area contributed by atoms with E-state index in [2.05, 4.69) is 13.8 Å². The maximum absolute atomic E-state index is 12.7. The van der Waals surface area contributed by atoms with Crippen LogP contribution in [0.1, 0.15) is 125 Å². The van der Waals surface area contributed by atoms with Crippen LogP contribution in [-0.2, 0) is 19.1 Å². The van der Waals surface area contributed by atoms with Crippen LogP contribution in [0.4, 0.5) is 0 Å². The van der Waals surface area contributed by atoms with Crippen molar-refractivity contribution in [1.82, 2.24) is 0 Å². The molecule has 0 saturated heterocycles. The highest BCUT2D eigenvalue weighted by atomic mass is 16.5. The molecule has 0 aliphatic heterocycles. The molecular formula is C26H48O4. The molecule has 0 fully saturated rings. The number of carbonyl (C=O) groups excluding carboxylic acids is 2. The maximum atomic E-state index is 12.7. The molecule has 0 aromatic rings. The Morgan fingerprint density at radius 2 is 1.03 bits per heavy atom. The fraction of sp³-hybridized carbons (Fsp3) is 0.846. The van der Waals surface area contributed by atoms with Crippen molar-refractivity contribution in [2.24, 2.45) is 5.92 Å². The van der Waals surface area contributed by atoms with Crippen LogP contribution in [0.3, 0.4) is 0 Å². The third-order valence-corrected chi connectivity index (χ3v) is 5.33. The smallest absolute Gasteiger partial charge is 0.334 e. The van der Waals surface area contributed by atoms with Crippen molar-refractivity contribution < 1.29 is 19.1 Å². The Morgan fingerprint density at radius 3 is 1.47 bits per heavy atom. The van der Waals surface area contributed by atoms with Gasteiger partial charge in [-0.15, -0.1) is 0 Å². The molecule has 0 N–H and O–H groups in total. The molecule has 0 unspecified atom stereocenters. The van der Waals surface area contributed by atoms with E-state index in [9.17, 15) is 9.59 Å². The van der Waals surface area contributed by atoms with Crippen molar-refractivity contribution >= 4 is 11.9 Å². The molecule has 176 valence electrons. The lowest BCUT2D eigenvalue weighted by Crippen LogP contribution is -2.21. The first-order valence-electron chi connectivity index (χ1n) is 12.6. The van der Waals surface area contributed by atoms with Gasteiger partial charge < -0.3 is 9.47 Å². The number of esters is 2. The van der Waals surface area contributed by atoms with Crippen LogP contribution >= 0.6 is 0 Å². The summed E-state index contributed by atoms with van der Waals surface area (Å²) in [6, 6.07) is 0. The van der Waals surface area contributed by atoms with Gasteiger partial charge in [0.05, 0.1) is 18.8 Å². The molecule has 4 heteroatoms. The number of rotatable bonds is 19. The van der Waals surface area contributed by atoms with Gasteiger partial charge in [-0.1, -0.05) is 105 Å². The van der Waals surface area contributed by atoms with Gasteiger partial charge in [-0.2, -0.15) is 0 Å². The fourth-order valence-corrected chi connectivity index (χ4v) is 3.56. The van der Waals surface area contributed by atoms with E-state index in [-0.39, 0.29) is 17.9 Å². The number of carbonyl (C=O) groups is 2. The Kier molecular flexibility index (Phi) is 18.8. The van der Waals surface area contributed by atoms with E-state index in [1.54, 1.807) is 0 Å². The minimum absolute atomic E-state index is 0.0646. The molecule has 0 atom stereocenters. The number of unbranched alkanes of at least 4 members (excludes halogenated alkanes) is 10. The Balaban J connectivity index is 4.68. The summed E-state index contributed by atoms with van der Waals surface area (Å²) in [6.45, 7) is 11.2. The molecule has 0 aliphatic rings. The lowest BCUT2D eigenvalue weighted by Gasteiger charge is -2.17. The zero-order chi connectivity index (χ0) is 22.6. The Hall–Kier alpha value is -1.32. The SMILES string of the molecule is CCCCCCCCOC(=O)C(CCC)=C(C(=O)OCCCCCCCC)C(C)C. The summed E-state index contributed by atoms with van der Waals surface area (Å²) in [5.41, 5.74) is 1.00. The molecule has 0 radical (unpaired) electrons. The van der Waals surface area contributed by atoms with Gasteiger partial charge in [0.25, 0.3) is 0 Å². The first-order valence-corrected chi connectivity index (χ1v) is 12.6. The monoisotopic (exact) mass is 424 g/mol. The highest BCUT2D eigenvalue weighted by Gasteiger charge is 2.25. The first-order chi connectivity index (χ1) is 14.5. The Bertz CT molecular complexity index is 479. The maximum Gasteiger partial charge on any atom is 0.334 e. The van der Waals surface area contributed by atoms with Crippen molar-refractivity contribution in [2.75, 3.05) is 13.2 Å². The van der Waals surface area contributed by atoms with Crippen molar-refractivity contribution in [1.29, 1.82) is 0 Å². The Morgan fingerprint density at radius 1 is 0.600 bits per heavy atom. The average Bonchev–Trinajstić information content (AvgIpc) is 2.71. The number of hydrogen-bond acceptors (Lipinski definition) is 4. The molecule has 0 aromatic heterocycles. The van der Waals surface area contributed by atoms with Crippen LogP contribution in [0.15, 0.2) is 11.1 Å². The molecule has 4 nitrogen and oxygen atoms in total. The van der Waals surface area contributed by atoms with Gasteiger partial charge in [-0.05, 0) is 25.2 Å². The van der Waals surface area contributed by atoms with E-state index in [0.717, 1.165) is 32.1 Å². The second-order valence-electron chi connectivity index (χ2n) is 8.60. The van der Waals surface area contributed by atoms with Gasteiger partial charge in [-0.25, -0.2) is 9.59 Å². The summed E-state index contributed by atoms with van der Waals surface area (Å²) in [6.07, 6.45) is 15.1. The molecule has 30 heavy (non-hydrogen) atoms. The summed E-state index contributed by atoms with van der Waals surface area (Å²) >= 11 is 0. The zero-order valence-corrected chi connectivity index (χ0v) is 20.5. The second kappa shape index (κ2) is 19.6. The lowest BCUT2D eigenvalue weighted by molar-refractivity contribution is -0.143. The predicted molar refractivity (Wildman–Crippen MR) is 125 cm³/mol. The van der Waals surface area contributed by atoms with Gasteiger partial charge in [0.2, 0.25) is 0 Å². The molecule has 0 aromatic carbocycles. The minimum atomic E-state index is -0.349. The van der Waals surface area contributed by atoms with E-state index in [1.807, 2.05) is 20.8 Å². The Labute approximate surface area is 186 Å². The standard InChI is InChI=1S/C26H48O4/c1-6-9-11-13-15-17-20-29-25(27)23(19-8-3)24(22(4)5)26(28)30-21-18-16-14-12-10-7-2/h22H,6-21H2,1-5H3. The van der Waals surface area contributed by atoms with Gasteiger partial charge in [0.15, 0.2) is 0 Å². The van der Waals surface area contributed by atoms with Crippen molar-refractivity contribution in [3.63, 3.8) is 0 Å². The van der Waals surface area contributed by atoms with Crippen LogP contribution < -0.4 is 0 Å². The van der Waals surface area contributed by atoms with Gasteiger partial charge in [0, 0.05) is 5.57 Å². The second-order valence-corrected chi connectivity index (χ2v) is 8.60. The molecule has 0 rings (SSSR count). The van der Waals surface area contributed by atoms with Gasteiger partial charge in [0.1, 0.15) is 0 Å². The van der Waals surface area contributed by atoms with E-state index < -0.39 is 0 Å². The topological polar surface area (TPSA) is 52.6 Å². The van der Waals surface area contributed by atoms with Crippen molar-refractivity contribution in [3.8, 4) is 0 Å². The highest BCUT2D eigenvalue weighted by molar-refractivity contribution is 6.00. The number of hydrogen-bond donors (Lipinski definition) is 0. The van der Waals surface area contributed by atoms with Gasteiger partial charge in [-0.3, -0.25) is 0 Å². The van der Waals surface area contributed by atoms with Crippen LogP contribution in [0, 0.1) is 5.92 Å². The third kappa shape index (κ3) is 13.8. The molecule has 0 amide bonds. The largest absolute Gasteiger partial charge is 0.462 e. The van der Waals surface area contributed by atoms with E-state index in [0.29, 0.717) is 30.8 Å². The van der Waals surface area contributed by atoms with E-state index in [1.165, 1.54) is 51.4 Å². The van der Waals surface area contributed by atoms with E-state index in [4.69, 9.17) is 9.47 Å². The average molecular weight is 425 g/mol. The fourth-order valence-electron chi connectivity index (χ4n) is 3.56. The van der Waals surface area contributed by atoms with Gasteiger partial charge >= 0.3 is 11.9 Å². The summed E-state index contributed by atoms with van der Waals surface area (Å²) in [4.78, 5) is 25.4. The third-order valence-electron chi connectivity index (χ3n) is 5.33. The quantitative estimate of drug-likeness (QED) is 0.122. The molecule has 0 spiro atoms. The lowest BCUT2D eigenvalue weighted by atomic mass is 9.94. The van der Waals surface area contributed by atoms with Crippen LogP contribution in [-0.4, -0.2) is 25.2 Å². The summed E-state index contributed by atoms with van der Waals surface area (Å²) in [5, 5.41) is 0. The molecule has 0 heterocycles. The molecular weight excluding hydrogens is 376 g/mol. The first kappa shape index (κ1) is 28.7. The molecule has 0 aliphatic carbocycles. The highest BCUT2D eigenvalue weighted by Crippen LogP contribution is 2.22. The number of ether oxygens (including phenoxy) is 2. The summed E-state index contributed by atoms with van der Waals surface area (Å²) in [5.74, 6) is -0.755. The molecule has 0 saturated carbocycles. The zero-order valence-electron chi connectivity index (χ0n) is 20.5. The van der Waals surface area contributed by atoms with Crippen LogP contribution in [0.2, 0.25) is 0 Å². The van der Waals surface area contributed by atoms with Crippen molar-refractivity contribution in [2.45, 2.75) is 125 Å². The summed E-state index contributed by atoms with van der Waals surface area (Å²) < 4.78 is 11.0. The summed E-state index contributed by atoms with van der Waals surface area (Å²) in [7, 11) is 0. The predicted octanol–water partition coefficient (Wildman–Crippen LogP) is 7.55. The minimum Gasteiger partial charge on any atom is -0.462 e. The van der Waals surface area contributed by atoms with E-state index >= 15 is 0 Å². The van der Waals surface area contributed by atoms with Crippen molar-refractivity contribution in [3.05, 3.63) is 11.1 Å². The normalized spacial score (nSPS) is 12.1.